The maximum atomic E-state index is 11.1. The topological polar surface area (TPSA) is 46.5 Å². The molecule has 0 aliphatic carbocycles. The molecule has 1 unspecified atom stereocenters. The molecule has 1 N–H and O–H groups in total. The van der Waals surface area contributed by atoms with Gasteiger partial charge in [0.15, 0.2) is 0 Å². The Labute approximate surface area is 86.5 Å². The van der Waals surface area contributed by atoms with Crippen LogP contribution in [0.1, 0.15) is 52.9 Å². The molecule has 14 heavy (non-hydrogen) atoms. The molecule has 0 aliphatic heterocycles. The highest BCUT2D eigenvalue weighted by Gasteiger charge is 2.09. The summed E-state index contributed by atoms with van der Waals surface area (Å²) in [6, 6.07) is 0. The van der Waals surface area contributed by atoms with E-state index in [1.165, 1.54) is 0 Å². The van der Waals surface area contributed by atoms with Crippen LogP contribution in [0.2, 0.25) is 0 Å². The van der Waals surface area contributed by atoms with Gasteiger partial charge in [0.1, 0.15) is 0 Å². The molecule has 0 saturated heterocycles. The van der Waals surface area contributed by atoms with E-state index in [9.17, 15) is 9.90 Å². The number of hydrogen-bond donors (Lipinski definition) is 1. The van der Waals surface area contributed by atoms with E-state index in [0.29, 0.717) is 12.8 Å². The lowest BCUT2D eigenvalue weighted by Crippen LogP contribution is -2.14. The van der Waals surface area contributed by atoms with Gasteiger partial charge in [0.25, 0.3) is 0 Å². The molecule has 0 aromatic carbocycles. The number of carbonyl (C=O) groups excluding carboxylic acids is 1. The Morgan fingerprint density at radius 2 is 2.00 bits per heavy atom. The highest BCUT2D eigenvalue weighted by molar-refractivity contribution is 5.69. The van der Waals surface area contributed by atoms with Crippen LogP contribution >= 0.6 is 0 Å². The molecule has 1 atom stereocenters. The number of aliphatic hydroxyl groups excluding tert-OH is 1. The van der Waals surface area contributed by atoms with Crippen LogP contribution in [-0.4, -0.2) is 23.3 Å². The maximum Gasteiger partial charge on any atom is 0.306 e. The van der Waals surface area contributed by atoms with E-state index >= 15 is 0 Å². The van der Waals surface area contributed by atoms with Crippen molar-refractivity contribution in [1.82, 2.24) is 0 Å². The minimum atomic E-state index is -0.352. The monoisotopic (exact) mass is 202 g/mol. The molecule has 0 aliphatic rings. The maximum absolute atomic E-state index is 11.1. The molecule has 3 heteroatoms. The lowest BCUT2D eigenvalue weighted by atomic mass is 10.1. The summed E-state index contributed by atoms with van der Waals surface area (Å²) >= 11 is 0. The summed E-state index contributed by atoms with van der Waals surface area (Å²) in [5, 5.41) is 9.46. The van der Waals surface area contributed by atoms with Gasteiger partial charge in [0.05, 0.1) is 12.2 Å². The molecular weight excluding hydrogens is 180 g/mol. The van der Waals surface area contributed by atoms with Gasteiger partial charge in [-0.25, -0.2) is 0 Å². The summed E-state index contributed by atoms with van der Waals surface area (Å²) in [7, 11) is 0. The third-order valence-electron chi connectivity index (χ3n) is 1.94. The highest BCUT2D eigenvalue weighted by atomic mass is 16.5. The molecule has 0 bridgehead atoms. The summed E-state index contributed by atoms with van der Waals surface area (Å²) in [5.41, 5.74) is 0. The van der Waals surface area contributed by atoms with Gasteiger partial charge in [-0.05, 0) is 26.7 Å². The van der Waals surface area contributed by atoms with Gasteiger partial charge in [0.2, 0.25) is 0 Å². The van der Waals surface area contributed by atoms with E-state index in [1.54, 1.807) is 0 Å². The van der Waals surface area contributed by atoms with Crippen molar-refractivity contribution in [2.75, 3.05) is 0 Å². The number of hydrogen-bond acceptors (Lipinski definition) is 3. The zero-order valence-corrected chi connectivity index (χ0v) is 9.45. The molecule has 0 amide bonds. The van der Waals surface area contributed by atoms with Gasteiger partial charge in [-0.2, -0.15) is 0 Å². The van der Waals surface area contributed by atoms with Crippen LogP contribution in [0.4, 0.5) is 0 Å². The Hall–Kier alpha value is -0.570. The summed E-state index contributed by atoms with van der Waals surface area (Å²) in [6.07, 6.45) is 3.30. The number of esters is 1. The van der Waals surface area contributed by atoms with Crippen molar-refractivity contribution >= 4 is 5.97 Å². The molecule has 0 heterocycles. The van der Waals surface area contributed by atoms with E-state index < -0.39 is 0 Å². The van der Waals surface area contributed by atoms with Gasteiger partial charge in [-0.3, -0.25) is 4.79 Å². The largest absolute Gasteiger partial charge is 0.463 e. The van der Waals surface area contributed by atoms with Crippen LogP contribution in [0.25, 0.3) is 0 Å². The smallest absolute Gasteiger partial charge is 0.306 e. The van der Waals surface area contributed by atoms with Crippen molar-refractivity contribution in [3.8, 4) is 0 Å². The van der Waals surface area contributed by atoms with E-state index in [-0.39, 0.29) is 18.2 Å². The Morgan fingerprint density at radius 3 is 2.50 bits per heavy atom. The van der Waals surface area contributed by atoms with E-state index in [1.807, 2.05) is 13.8 Å². The minimum absolute atomic E-state index is 0.0599. The summed E-state index contributed by atoms with van der Waals surface area (Å²) < 4.78 is 4.96. The van der Waals surface area contributed by atoms with Crippen LogP contribution in [0, 0.1) is 0 Å². The van der Waals surface area contributed by atoms with E-state index in [4.69, 9.17) is 4.74 Å². The first-order valence-electron chi connectivity index (χ1n) is 5.43. The van der Waals surface area contributed by atoms with Gasteiger partial charge < -0.3 is 9.84 Å². The van der Waals surface area contributed by atoms with Crippen molar-refractivity contribution in [1.29, 1.82) is 0 Å². The molecule has 0 aromatic rings. The molecule has 0 saturated carbocycles. The van der Waals surface area contributed by atoms with Crippen molar-refractivity contribution in [3.05, 3.63) is 0 Å². The summed E-state index contributed by atoms with van der Waals surface area (Å²) in [5.74, 6) is -0.212. The zero-order chi connectivity index (χ0) is 11.0. The van der Waals surface area contributed by atoms with Gasteiger partial charge in [-0.15, -0.1) is 0 Å². The first kappa shape index (κ1) is 13.4. The van der Waals surface area contributed by atoms with Gasteiger partial charge >= 0.3 is 5.97 Å². The summed E-state index contributed by atoms with van der Waals surface area (Å²) in [6.45, 7) is 5.73. The fourth-order valence-corrected chi connectivity index (χ4v) is 1.19. The van der Waals surface area contributed by atoms with Crippen LogP contribution in [0.5, 0.6) is 0 Å². The lowest BCUT2D eigenvalue weighted by Gasteiger charge is -2.11. The van der Waals surface area contributed by atoms with E-state index in [0.717, 1.165) is 19.3 Å². The second-order valence-electron chi connectivity index (χ2n) is 3.87. The third-order valence-corrected chi connectivity index (χ3v) is 1.94. The third kappa shape index (κ3) is 8.05. The zero-order valence-electron chi connectivity index (χ0n) is 9.45. The average Bonchev–Trinajstić information content (AvgIpc) is 2.10. The van der Waals surface area contributed by atoms with Crippen LogP contribution < -0.4 is 0 Å². The van der Waals surface area contributed by atoms with E-state index in [2.05, 4.69) is 6.92 Å². The van der Waals surface area contributed by atoms with Crippen molar-refractivity contribution in [3.63, 3.8) is 0 Å². The van der Waals surface area contributed by atoms with Crippen molar-refractivity contribution < 1.29 is 14.6 Å². The first-order chi connectivity index (χ1) is 6.56. The molecule has 0 radical (unpaired) electrons. The molecule has 0 fully saturated rings. The standard InChI is InChI=1S/C11H22O3/c1-4-5-6-10(12)7-8-11(13)14-9(2)3/h9-10,12H,4-8H2,1-3H3. The molecule has 3 nitrogen and oxygen atoms in total. The van der Waals surface area contributed by atoms with Gasteiger partial charge in [-0.1, -0.05) is 19.8 Å². The predicted molar refractivity (Wildman–Crippen MR) is 56.0 cm³/mol. The van der Waals surface area contributed by atoms with Crippen LogP contribution in [0.3, 0.4) is 0 Å². The Kier molecular flexibility index (Phi) is 7.48. The predicted octanol–water partition coefficient (Wildman–Crippen LogP) is 2.27. The highest BCUT2D eigenvalue weighted by Crippen LogP contribution is 2.07. The normalized spacial score (nSPS) is 12.9. The number of rotatable bonds is 7. The number of carbonyl (C=O) groups is 1. The fraction of sp³-hybridized carbons (Fsp3) is 0.909. The Balaban J connectivity index is 3.45. The number of unbranched alkanes of at least 4 members (excludes halogenated alkanes) is 1. The van der Waals surface area contributed by atoms with Crippen molar-refractivity contribution in [2.24, 2.45) is 0 Å². The Morgan fingerprint density at radius 1 is 1.36 bits per heavy atom. The molecule has 84 valence electrons. The molecular formula is C11H22O3. The SMILES string of the molecule is CCCCC(O)CCC(=O)OC(C)C. The van der Waals surface area contributed by atoms with Crippen molar-refractivity contribution in [2.45, 2.75) is 65.1 Å². The Bertz CT molecular complexity index is 155. The quantitative estimate of drug-likeness (QED) is 0.644. The second kappa shape index (κ2) is 7.80. The van der Waals surface area contributed by atoms with Gasteiger partial charge in [0, 0.05) is 6.42 Å². The number of aliphatic hydroxyl groups is 1. The molecule has 0 rings (SSSR count). The number of ether oxygens (including phenoxy) is 1. The molecule has 0 aromatic heterocycles. The lowest BCUT2D eigenvalue weighted by molar-refractivity contribution is -0.148. The van der Waals surface area contributed by atoms with Crippen LogP contribution in [-0.2, 0) is 9.53 Å². The second-order valence-corrected chi connectivity index (χ2v) is 3.87. The van der Waals surface area contributed by atoms with Crippen LogP contribution in [0.15, 0.2) is 0 Å². The first-order valence-corrected chi connectivity index (χ1v) is 5.43. The summed E-state index contributed by atoms with van der Waals surface area (Å²) in [4.78, 5) is 11.1. The fourth-order valence-electron chi connectivity index (χ4n) is 1.19. The molecule has 0 spiro atoms. The average molecular weight is 202 g/mol. The minimum Gasteiger partial charge on any atom is -0.463 e.